The Morgan fingerprint density at radius 3 is 2.32 bits per heavy atom. The van der Waals surface area contributed by atoms with E-state index in [2.05, 4.69) is 15.4 Å². The number of hydrogen-bond donors (Lipinski definition) is 4. The average Bonchev–Trinajstić information content (AvgIpc) is 3.26. The second kappa shape index (κ2) is 12.0. The van der Waals surface area contributed by atoms with Crippen LogP contribution in [-0.2, 0) is 9.53 Å². The number of anilines is 2. The molecule has 4 N–H and O–H groups in total. The lowest BCUT2D eigenvalue weighted by atomic mass is 9.99. The van der Waals surface area contributed by atoms with Crippen LogP contribution >= 0.6 is 0 Å². The summed E-state index contributed by atoms with van der Waals surface area (Å²) >= 11 is 0. The maximum Gasteiger partial charge on any atom is 0.513 e. The van der Waals surface area contributed by atoms with Gasteiger partial charge in [-0.25, -0.2) is 4.79 Å². The number of aliphatic hydroxyl groups excluding tert-OH is 2. The maximum absolute atomic E-state index is 13.2. The van der Waals surface area contributed by atoms with Crippen molar-refractivity contribution in [3.8, 4) is 5.75 Å². The second-order valence-electron chi connectivity index (χ2n) is 8.28. The van der Waals surface area contributed by atoms with Gasteiger partial charge in [0.2, 0.25) is 0 Å². The number of benzene rings is 3. The number of rotatable bonds is 9. The summed E-state index contributed by atoms with van der Waals surface area (Å²) in [4.78, 5) is 39.0. The number of carbonyl (C=O) groups excluding carboxylic acids is 3. The Hall–Kier alpha value is -4.67. The highest BCUT2D eigenvalue weighted by atomic mass is 16.7. The smallest absolute Gasteiger partial charge is 0.437 e. The van der Waals surface area contributed by atoms with E-state index in [0.29, 0.717) is 33.8 Å². The van der Waals surface area contributed by atoms with Crippen LogP contribution in [0, 0.1) is 0 Å². The van der Waals surface area contributed by atoms with Gasteiger partial charge in [-0.2, -0.15) is 0 Å². The number of carbonyl (C=O) groups is 3. The summed E-state index contributed by atoms with van der Waals surface area (Å²) in [6.07, 6.45) is -0.873. The van der Waals surface area contributed by atoms with E-state index in [1.807, 2.05) is 30.3 Å². The van der Waals surface area contributed by atoms with Gasteiger partial charge in [-0.3, -0.25) is 9.59 Å². The zero-order valence-electron chi connectivity index (χ0n) is 20.6. The van der Waals surface area contributed by atoms with E-state index in [9.17, 15) is 24.6 Å². The number of fused-ring (bicyclic) bond motifs is 1. The van der Waals surface area contributed by atoms with Crippen molar-refractivity contribution in [2.24, 2.45) is 0 Å². The molecule has 0 radical (unpaired) electrons. The molecule has 0 saturated carbocycles. The maximum atomic E-state index is 13.2. The van der Waals surface area contributed by atoms with Crippen molar-refractivity contribution in [2.45, 2.75) is 0 Å². The second-order valence-corrected chi connectivity index (χ2v) is 8.28. The lowest BCUT2D eigenvalue weighted by molar-refractivity contribution is -0.110. The zero-order valence-corrected chi connectivity index (χ0v) is 20.6. The van der Waals surface area contributed by atoms with Crippen LogP contribution in [0.15, 0.2) is 72.8 Å². The molecule has 1 aliphatic heterocycles. The Balaban J connectivity index is 1.74. The number of nitrogens with one attached hydrogen (secondary N) is 2. The van der Waals surface area contributed by atoms with E-state index in [4.69, 9.17) is 4.74 Å². The van der Waals surface area contributed by atoms with Crippen LogP contribution in [0.4, 0.5) is 16.2 Å². The molecule has 3 aromatic rings. The highest BCUT2D eigenvalue weighted by Gasteiger charge is 2.29. The van der Waals surface area contributed by atoms with Crippen molar-refractivity contribution in [1.82, 2.24) is 4.90 Å². The van der Waals surface area contributed by atoms with Gasteiger partial charge in [-0.1, -0.05) is 36.4 Å². The van der Waals surface area contributed by atoms with E-state index >= 15 is 0 Å². The van der Waals surface area contributed by atoms with Gasteiger partial charge in [0, 0.05) is 36.0 Å². The Morgan fingerprint density at radius 1 is 0.921 bits per heavy atom. The van der Waals surface area contributed by atoms with Crippen molar-refractivity contribution in [3.63, 3.8) is 0 Å². The van der Waals surface area contributed by atoms with Crippen LogP contribution in [0.5, 0.6) is 5.75 Å². The first-order valence-corrected chi connectivity index (χ1v) is 11.8. The monoisotopic (exact) mass is 517 g/mol. The fraction of sp³-hybridized carbons (Fsp3) is 0.179. The van der Waals surface area contributed by atoms with Crippen LogP contribution in [0.3, 0.4) is 0 Å². The normalized spacial score (nSPS) is 13.3. The van der Waals surface area contributed by atoms with Crippen LogP contribution in [0.2, 0.25) is 0 Å². The average molecular weight is 518 g/mol. The molecule has 0 saturated heterocycles. The summed E-state index contributed by atoms with van der Waals surface area (Å²) in [5, 5.41) is 24.7. The first kappa shape index (κ1) is 26.4. The van der Waals surface area contributed by atoms with Crippen LogP contribution in [0.1, 0.15) is 21.5 Å². The number of methoxy groups -OCH3 is 1. The molecule has 0 aliphatic carbocycles. The SMILES string of the molecule is COC(=O)Oc1ccc2c(c1)NC(=O)/C2=C(\Nc1cccc(C(=O)N(CCO)CCO)c1)c1ccccc1. The van der Waals surface area contributed by atoms with Gasteiger partial charge >= 0.3 is 6.16 Å². The Kier molecular flexibility index (Phi) is 8.37. The molecule has 10 nitrogen and oxygen atoms in total. The van der Waals surface area contributed by atoms with Gasteiger partial charge in [0.05, 0.1) is 37.3 Å². The molecule has 0 aromatic heterocycles. The number of amides is 2. The van der Waals surface area contributed by atoms with E-state index in [-0.39, 0.29) is 43.9 Å². The minimum absolute atomic E-state index is 0.0923. The zero-order chi connectivity index (χ0) is 27.1. The third kappa shape index (κ3) is 5.83. The molecule has 0 bridgehead atoms. The summed E-state index contributed by atoms with van der Waals surface area (Å²) in [5.74, 6) is -0.480. The van der Waals surface area contributed by atoms with Crippen molar-refractivity contribution >= 4 is 40.6 Å². The summed E-state index contributed by atoms with van der Waals surface area (Å²) in [6, 6.07) is 20.8. The van der Waals surface area contributed by atoms with Gasteiger partial charge < -0.3 is 35.2 Å². The standard InChI is InChI=1S/C28H27N3O7/c1-37-28(36)38-21-10-11-22-23(17-21)30-26(34)24(22)25(18-6-3-2-4-7-18)29-20-9-5-8-19(16-20)27(35)31(12-14-32)13-15-33/h2-11,16-17,29,32-33H,12-15H2,1H3,(H,30,34)/b25-24-. The molecular weight excluding hydrogens is 490 g/mol. The molecule has 1 heterocycles. The third-order valence-electron chi connectivity index (χ3n) is 5.82. The number of aliphatic hydroxyl groups is 2. The fourth-order valence-electron chi connectivity index (χ4n) is 4.10. The highest BCUT2D eigenvalue weighted by Crippen LogP contribution is 2.39. The summed E-state index contributed by atoms with van der Waals surface area (Å²) < 4.78 is 9.61. The van der Waals surface area contributed by atoms with Gasteiger partial charge in [0.25, 0.3) is 11.8 Å². The molecule has 0 fully saturated rings. The molecule has 0 spiro atoms. The minimum atomic E-state index is -0.873. The first-order valence-electron chi connectivity index (χ1n) is 11.8. The largest absolute Gasteiger partial charge is 0.513 e. The molecule has 3 aromatic carbocycles. The molecule has 0 unspecified atom stereocenters. The first-order chi connectivity index (χ1) is 18.4. The van der Waals surface area contributed by atoms with Crippen molar-refractivity contribution in [1.29, 1.82) is 0 Å². The van der Waals surface area contributed by atoms with E-state index in [1.54, 1.807) is 36.4 Å². The predicted molar refractivity (Wildman–Crippen MR) is 142 cm³/mol. The van der Waals surface area contributed by atoms with Crippen molar-refractivity contribution in [3.05, 3.63) is 89.5 Å². The third-order valence-corrected chi connectivity index (χ3v) is 5.82. The lowest BCUT2D eigenvalue weighted by Crippen LogP contribution is -2.35. The summed E-state index contributed by atoms with van der Waals surface area (Å²) in [7, 11) is 1.20. The van der Waals surface area contributed by atoms with Crippen LogP contribution < -0.4 is 15.4 Å². The quantitative estimate of drug-likeness (QED) is 0.193. The van der Waals surface area contributed by atoms with Gasteiger partial charge in [0.15, 0.2) is 0 Å². The van der Waals surface area contributed by atoms with Gasteiger partial charge in [-0.05, 0) is 35.9 Å². The molecular formula is C28H27N3O7. The fourth-order valence-corrected chi connectivity index (χ4v) is 4.10. The van der Waals surface area contributed by atoms with Gasteiger partial charge in [-0.15, -0.1) is 0 Å². The van der Waals surface area contributed by atoms with Crippen LogP contribution in [0.25, 0.3) is 11.3 Å². The lowest BCUT2D eigenvalue weighted by Gasteiger charge is -2.21. The molecule has 38 heavy (non-hydrogen) atoms. The molecule has 2 amide bonds. The summed E-state index contributed by atoms with van der Waals surface area (Å²) in [6.45, 7) is -0.270. The number of ether oxygens (including phenoxy) is 2. The topological polar surface area (TPSA) is 137 Å². The molecule has 196 valence electrons. The van der Waals surface area contributed by atoms with E-state index in [1.165, 1.54) is 18.1 Å². The molecule has 1 aliphatic rings. The molecule has 4 rings (SSSR count). The van der Waals surface area contributed by atoms with E-state index in [0.717, 1.165) is 5.56 Å². The Labute approximate surface area is 219 Å². The highest BCUT2D eigenvalue weighted by molar-refractivity contribution is 6.37. The van der Waals surface area contributed by atoms with Gasteiger partial charge in [0.1, 0.15) is 5.75 Å². The summed E-state index contributed by atoms with van der Waals surface area (Å²) in [5.41, 5.74) is 3.60. The molecule has 0 atom stereocenters. The number of hydrogen-bond acceptors (Lipinski definition) is 8. The van der Waals surface area contributed by atoms with Crippen molar-refractivity contribution in [2.75, 3.05) is 44.0 Å². The van der Waals surface area contributed by atoms with Crippen molar-refractivity contribution < 1.29 is 34.1 Å². The van der Waals surface area contributed by atoms with E-state index < -0.39 is 6.16 Å². The molecule has 10 heteroatoms. The van der Waals surface area contributed by atoms with Crippen LogP contribution in [-0.4, -0.2) is 66.5 Å². The number of nitrogens with zero attached hydrogens (tertiary/aromatic N) is 1. The Morgan fingerprint density at radius 2 is 1.63 bits per heavy atom. The predicted octanol–water partition coefficient (Wildman–Crippen LogP) is 3.19. The Bertz CT molecular complexity index is 1370. The minimum Gasteiger partial charge on any atom is -0.437 e.